The van der Waals surface area contributed by atoms with E-state index in [4.69, 9.17) is 19.9 Å². The summed E-state index contributed by atoms with van der Waals surface area (Å²) in [6.07, 6.45) is 0.0136. The summed E-state index contributed by atoms with van der Waals surface area (Å²) in [5.41, 5.74) is 7.78. The first-order valence-corrected chi connectivity index (χ1v) is 6.27. The van der Waals surface area contributed by atoms with Crippen LogP contribution in [0, 0.1) is 0 Å². The Kier molecular flexibility index (Phi) is 3.27. The second-order valence-corrected chi connectivity index (χ2v) is 4.50. The number of ether oxygens (including phenoxy) is 3. The van der Waals surface area contributed by atoms with Crippen LogP contribution < -0.4 is 10.5 Å². The van der Waals surface area contributed by atoms with E-state index in [2.05, 4.69) is 4.98 Å². The molecule has 1 unspecified atom stereocenters. The number of hydrogen-bond acceptors (Lipinski definition) is 5. The van der Waals surface area contributed by atoms with Crippen molar-refractivity contribution < 1.29 is 14.2 Å². The number of hydrogen-bond donors (Lipinski definition) is 1. The van der Waals surface area contributed by atoms with Gasteiger partial charge < -0.3 is 24.5 Å². The number of aromatic nitrogens is 2. The lowest BCUT2D eigenvalue weighted by Crippen LogP contribution is -2.32. The van der Waals surface area contributed by atoms with Crippen LogP contribution in [-0.4, -0.2) is 42.6 Å². The van der Waals surface area contributed by atoms with Gasteiger partial charge in [-0.05, 0) is 12.1 Å². The Morgan fingerprint density at radius 2 is 2.37 bits per heavy atom. The van der Waals surface area contributed by atoms with Gasteiger partial charge in [-0.25, -0.2) is 4.98 Å². The molecular formula is C13H17N3O3. The number of imidazole rings is 1. The van der Waals surface area contributed by atoms with E-state index in [9.17, 15) is 0 Å². The maximum atomic E-state index is 5.98. The van der Waals surface area contributed by atoms with Crippen LogP contribution in [0.5, 0.6) is 5.75 Å². The molecule has 0 bridgehead atoms. The third-order valence-electron chi connectivity index (χ3n) is 3.26. The highest BCUT2D eigenvalue weighted by Gasteiger charge is 2.18. The molecule has 1 aliphatic rings. The molecule has 1 aromatic carbocycles. The van der Waals surface area contributed by atoms with Gasteiger partial charge in [0.05, 0.1) is 50.6 Å². The molecule has 19 heavy (non-hydrogen) atoms. The molecule has 2 aromatic rings. The molecule has 1 fully saturated rings. The van der Waals surface area contributed by atoms with Gasteiger partial charge in [0.25, 0.3) is 0 Å². The SMILES string of the molecule is COc1ccc2nc(N)n(CC3COCCO3)c2c1. The van der Waals surface area contributed by atoms with E-state index in [1.807, 2.05) is 22.8 Å². The number of fused-ring (bicyclic) bond motifs is 1. The van der Waals surface area contributed by atoms with E-state index in [0.29, 0.717) is 32.3 Å². The Morgan fingerprint density at radius 1 is 1.47 bits per heavy atom. The number of nitrogens with two attached hydrogens (primary N) is 1. The topological polar surface area (TPSA) is 71.5 Å². The maximum Gasteiger partial charge on any atom is 0.201 e. The lowest BCUT2D eigenvalue weighted by atomic mass is 10.3. The molecule has 2 N–H and O–H groups in total. The summed E-state index contributed by atoms with van der Waals surface area (Å²) in [5, 5.41) is 0. The molecule has 0 aliphatic carbocycles. The zero-order valence-electron chi connectivity index (χ0n) is 10.8. The fourth-order valence-corrected chi connectivity index (χ4v) is 2.29. The van der Waals surface area contributed by atoms with Gasteiger partial charge in [0, 0.05) is 6.07 Å². The molecule has 1 atom stereocenters. The fraction of sp³-hybridized carbons (Fsp3) is 0.462. The second-order valence-electron chi connectivity index (χ2n) is 4.50. The van der Waals surface area contributed by atoms with Gasteiger partial charge >= 0.3 is 0 Å². The number of rotatable bonds is 3. The largest absolute Gasteiger partial charge is 0.497 e. The quantitative estimate of drug-likeness (QED) is 0.896. The smallest absolute Gasteiger partial charge is 0.201 e. The molecule has 0 spiro atoms. The highest BCUT2D eigenvalue weighted by atomic mass is 16.6. The summed E-state index contributed by atoms with van der Waals surface area (Å²) in [5.74, 6) is 1.27. The molecule has 1 saturated heterocycles. The van der Waals surface area contributed by atoms with Crippen LogP contribution in [0.1, 0.15) is 0 Å². The summed E-state index contributed by atoms with van der Waals surface area (Å²) in [6.45, 7) is 2.50. The van der Waals surface area contributed by atoms with Crippen molar-refractivity contribution in [1.29, 1.82) is 0 Å². The molecule has 1 aliphatic heterocycles. The van der Waals surface area contributed by atoms with E-state index < -0.39 is 0 Å². The minimum absolute atomic E-state index is 0.0136. The van der Waals surface area contributed by atoms with Gasteiger partial charge in [0.1, 0.15) is 5.75 Å². The Bertz CT molecular complexity index is 576. The predicted octanol–water partition coefficient (Wildman–Crippen LogP) is 1.04. The molecule has 1 aromatic heterocycles. The van der Waals surface area contributed by atoms with Crippen LogP contribution in [0.25, 0.3) is 11.0 Å². The molecule has 3 rings (SSSR count). The van der Waals surface area contributed by atoms with Crippen molar-refractivity contribution in [3.63, 3.8) is 0 Å². The maximum absolute atomic E-state index is 5.98. The summed E-state index contributed by atoms with van der Waals surface area (Å²) >= 11 is 0. The van der Waals surface area contributed by atoms with Crippen molar-refractivity contribution in [2.24, 2.45) is 0 Å². The molecule has 2 heterocycles. The van der Waals surface area contributed by atoms with Crippen molar-refractivity contribution in [1.82, 2.24) is 9.55 Å². The molecule has 6 nitrogen and oxygen atoms in total. The first-order valence-electron chi connectivity index (χ1n) is 6.27. The minimum atomic E-state index is 0.0136. The lowest BCUT2D eigenvalue weighted by molar-refractivity contribution is -0.0930. The van der Waals surface area contributed by atoms with E-state index in [-0.39, 0.29) is 6.10 Å². The Labute approximate surface area is 111 Å². The van der Waals surface area contributed by atoms with Gasteiger partial charge in [-0.1, -0.05) is 0 Å². The van der Waals surface area contributed by atoms with Crippen LogP contribution in [0.15, 0.2) is 18.2 Å². The van der Waals surface area contributed by atoms with Crippen molar-refractivity contribution in [2.45, 2.75) is 12.6 Å². The second kappa shape index (κ2) is 5.07. The lowest BCUT2D eigenvalue weighted by Gasteiger charge is -2.23. The molecule has 6 heteroatoms. The number of benzene rings is 1. The fourth-order valence-electron chi connectivity index (χ4n) is 2.29. The van der Waals surface area contributed by atoms with Gasteiger partial charge in [-0.2, -0.15) is 0 Å². The highest BCUT2D eigenvalue weighted by Crippen LogP contribution is 2.23. The standard InChI is InChI=1S/C13H17N3O3/c1-17-9-2-3-11-12(6-9)16(13(14)15-11)7-10-8-18-4-5-19-10/h2-3,6,10H,4-5,7-8H2,1H3,(H2,14,15). The summed E-state index contributed by atoms with van der Waals surface area (Å²) in [7, 11) is 1.64. The van der Waals surface area contributed by atoms with E-state index in [1.165, 1.54) is 0 Å². The van der Waals surface area contributed by atoms with Crippen LogP contribution >= 0.6 is 0 Å². The third kappa shape index (κ3) is 2.36. The number of nitrogens with zero attached hydrogens (tertiary/aromatic N) is 2. The Hall–Kier alpha value is -1.79. The number of nitrogen functional groups attached to an aromatic ring is 1. The summed E-state index contributed by atoms with van der Waals surface area (Å²) in [6, 6.07) is 5.71. The van der Waals surface area contributed by atoms with Gasteiger partial charge in [0.2, 0.25) is 5.95 Å². The number of methoxy groups -OCH3 is 1. The molecule has 0 amide bonds. The van der Waals surface area contributed by atoms with E-state index >= 15 is 0 Å². The van der Waals surface area contributed by atoms with Crippen molar-refractivity contribution in [3.05, 3.63) is 18.2 Å². The predicted molar refractivity (Wildman–Crippen MR) is 71.3 cm³/mol. The average molecular weight is 263 g/mol. The van der Waals surface area contributed by atoms with Crippen LogP contribution in [0.4, 0.5) is 5.95 Å². The first-order chi connectivity index (χ1) is 9.28. The zero-order chi connectivity index (χ0) is 13.2. The monoisotopic (exact) mass is 263 g/mol. The Balaban J connectivity index is 1.94. The van der Waals surface area contributed by atoms with Crippen LogP contribution in [-0.2, 0) is 16.0 Å². The highest BCUT2D eigenvalue weighted by molar-refractivity contribution is 5.79. The average Bonchev–Trinajstić information content (AvgIpc) is 2.76. The van der Waals surface area contributed by atoms with Crippen molar-refractivity contribution in [2.75, 3.05) is 32.7 Å². The van der Waals surface area contributed by atoms with Crippen LogP contribution in [0.2, 0.25) is 0 Å². The van der Waals surface area contributed by atoms with Crippen molar-refractivity contribution in [3.8, 4) is 5.75 Å². The van der Waals surface area contributed by atoms with Crippen LogP contribution in [0.3, 0.4) is 0 Å². The summed E-state index contributed by atoms with van der Waals surface area (Å²) in [4.78, 5) is 4.34. The van der Waals surface area contributed by atoms with Gasteiger partial charge in [-0.3, -0.25) is 0 Å². The van der Waals surface area contributed by atoms with E-state index in [0.717, 1.165) is 16.8 Å². The Morgan fingerprint density at radius 3 is 3.11 bits per heavy atom. The minimum Gasteiger partial charge on any atom is -0.497 e. The first kappa shape index (κ1) is 12.3. The number of anilines is 1. The molecule has 102 valence electrons. The molecule has 0 saturated carbocycles. The van der Waals surface area contributed by atoms with Gasteiger partial charge in [0.15, 0.2) is 0 Å². The third-order valence-corrected chi connectivity index (χ3v) is 3.26. The molecule has 0 radical (unpaired) electrons. The normalized spacial score (nSPS) is 19.7. The van der Waals surface area contributed by atoms with Gasteiger partial charge in [-0.15, -0.1) is 0 Å². The summed E-state index contributed by atoms with van der Waals surface area (Å²) < 4.78 is 18.2. The van der Waals surface area contributed by atoms with Crippen molar-refractivity contribution >= 4 is 17.0 Å². The van der Waals surface area contributed by atoms with E-state index in [1.54, 1.807) is 7.11 Å². The zero-order valence-corrected chi connectivity index (χ0v) is 10.8. The molecular weight excluding hydrogens is 246 g/mol.